The summed E-state index contributed by atoms with van der Waals surface area (Å²) in [6.07, 6.45) is 1.92. The van der Waals surface area contributed by atoms with Crippen LogP contribution in [0.4, 0.5) is 5.69 Å². The van der Waals surface area contributed by atoms with Gasteiger partial charge in [0.1, 0.15) is 5.69 Å². The summed E-state index contributed by atoms with van der Waals surface area (Å²) in [5.74, 6) is -1.35. The SMILES string of the molecule is N[C@@H](Cc1ccccc1)C(=O)N(Cc1ccccc1)c1c[nH]c(C(=O)O)c1. The van der Waals surface area contributed by atoms with Crippen LogP contribution < -0.4 is 10.6 Å². The molecule has 0 radical (unpaired) electrons. The molecule has 27 heavy (non-hydrogen) atoms. The average Bonchev–Trinajstić information content (AvgIpc) is 3.17. The summed E-state index contributed by atoms with van der Waals surface area (Å²) in [6, 6.07) is 19.8. The van der Waals surface area contributed by atoms with E-state index in [1.165, 1.54) is 17.2 Å². The van der Waals surface area contributed by atoms with E-state index >= 15 is 0 Å². The van der Waals surface area contributed by atoms with E-state index < -0.39 is 12.0 Å². The zero-order valence-electron chi connectivity index (χ0n) is 14.7. The van der Waals surface area contributed by atoms with Crippen LogP contribution in [-0.2, 0) is 17.8 Å². The zero-order valence-corrected chi connectivity index (χ0v) is 14.7. The van der Waals surface area contributed by atoms with Gasteiger partial charge in [-0.25, -0.2) is 4.79 Å². The molecule has 1 heterocycles. The van der Waals surface area contributed by atoms with Gasteiger partial charge in [-0.05, 0) is 23.6 Å². The fourth-order valence-corrected chi connectivity index (χ4v) is 2.88. The number of hydrogen-bond donors (Lipinski definition) is 3. The zero-order chi connectivity index (χ0) is 19.2. The number of carboxylic acid groups (broad SMARTS) is 1. The lowest BCUT2D eigenvalue weighted by molar-refractivity contribution is -0.120. The van der Waals surface area contributed by atoms with Crippen molar-refractivity contribution in [3.8, 4) is 0 Å². The number of nitrogens with zero attached hydrogens (tertiary/aromatic N) is 1. The maximum atomic E-state index is 13.1. The standard InChI is InChI=1S/C21H21N3O3/c22-18(11-15-7-3-1-4-8-15)20(25)24(14-16-9-5-2-6-10-16)17-12-19(21(26)27)23-13-17/h1-10,12-13,18,23H,11,14,22H2,(H,26,27)/t18-/m0/s1. The fraction of sp³-hybridized carbons (Fsp3) is 0.143. The van der Waals surface area contributed by atoms with Gasteiger partial charge in [-0.3, -0.25) is 4.79 Å². The second kappa shape index (κ2) is 8.33. The molecule has 1 aromatic heterocycles. The minimum absolute atomic E-state index is 0.0208. The number of anilines is 1. The van der Waals surface area contributed by atoms with Gasteiger partial charge in [-0.2, -0.15) is 0 Å². The van der Waals surface area contributed by atoms with Crippen LogP contribution in [0.25, 0.3) is 0 Å². The van der Waals surface area contributed by atoms with Crippen LogP contribution in [0.15, 0.2) is 72.9 Å². The van der Waals surface area contributed by atoms with Gasteiger partial charge in [0.2, 0.25) is 5.91 Å². The summed E-state index contributed by atoms with van der Waals surface area (Å²) in [4.78, 5) is 28.5. The molecule has 1 amide bonds. The molecule has 0 aliphatic carbocycles. The number of nitrogens with two attached hydrogens (primary N) is 1. The second-order valence-corrected chi connectivity index (χ2v) is 6.28. The third-order valence-corrected chi connectivity index (χ3v) is 4.28. The first-order valence-electron chi connectivity index (χ1n) is 8.61. The molecule has 2 aromatic carbocycles. The van der Waals surface area contributed by atoms with Crippen molar-refractivity contribution in [1.29, 1.82) is 0 Å². The molecular weight excluding hydrogens is 342 g/mol. The normalized spacial score (nSPS) is 11.7. The summed E-state index contributed by atoms with van der Waals surface area (Å²) < 4.78 is 0. The molecule has 0 saturated heterocycles. The molecule has 0 bridgehead atoms. The molecule has 0 aliphatic rings. The molecule has 3 aromatic rings. The third-order valence-electron chi connectivity index (χ3n) is 4.28. The molecule has 6 heteroatoms. The summed E-state index contributed by atoms with van der Waals surface area (Å²) in [5, 5.41) is 9.15. The van der Waals surface area contributed by atoms with Gasteiger partial charge in [0.15, 0.2) is 0 Å². The lowest BCUT2D eigenvalue weighted by Gasteiger charge is -2.25. The molecule has 1 atom stereocenters. The molecule has 0 spiro atoms. The largest absolute Gasteiger partial charge is 0.477 e. The predicted octanol–water partition coefficient (Wildman–Crippen LogP) is 2.82. The van der Waals surface area contributed by atoms with Crippen LogP contribution in [-0.4, -0.2) is 28.0 Å². The molecule has 0 fully saturated rings. The fourth-order valence-electron chi connectivity index (χ4n) is 2.88. The number of benzene rings is 2. The summed E-state index contributed by atoms with van der Waals surface area (Å²) in [5.41, 5.74) is 8.58. The van der Waals surface area contributed by atoms with E-state index in [0.29, 0.717) is 18.7 Å². The number of aromatic carboxylic acids is 1. The Balaban J connectivity index is 1.85. The Bertz CT molecular complexity index is 907. The molecule has 4 N–H and O–H groups in total. The molecule has 6 nitrogen and oxygen atoms in total. The van der Waals surface area contributed by atoms with Crippen molar-refractivity contribution < 1.29 is 14.7 Å². The molecule has 0 saturated carbocycles. The molecule has 0 unspecified atom stereocenters. The van der Waals surface area contributed by atoms with E-state index in [-0.39, 0.29) is 11.6 Å². The van der Waals surface area contributed by atoms with Crippen LogP contribution in [0.5, 0.6) is 0 Å². The van der Waals surface area contributed by atoms with E-state index in [9.17, 15) is 9.59 Å². The smallest absolute Gasteiger partial charge is 0.352 e. The van der Waals surface area contributed by atoms with E-state index in [1.54, 1.807) is 0 Å². The number of aromatic amines is 1. The van der Waals surface area contributed by atoms with Gasteiger partial charge in [0.05, 0.1) is 18.3 Å². The van der Waals surface area contributed by atoms with Gasteiger partial charge in [-0.1, -0.05) is 60.7 Å². The van der Waals surface area contributed by atoms with Gasteiger partial charge < -0.3 is 20.7 Å². The Morgan fingerprint density at radius 1 is 1.00 bits per heavy atom. The first-order chi connectivity index (χ1) is 13.0. The second-order valence-electron chi connectivity index (χ2n) is 6.28. The first kappa shape index (κ1) is 18.4. The monoisotopic (exact) mass is 363 g/mol. The van der Waals surface area contributed by atoms with Crippen molar-refractivity contribution in [3.05, 3.63) is 89.7 Å². The first-order valence-corrected chi connectivity index (χ1v) is 8.61. The molecule has 3 rings (SSSR count). The number of rotatable bonds is 7. The highest BCUT2D eigenvalue weighted by Gasteiger charge is 2.24. The van der Waals surface area contributed by atoms with E-state index in [0.717, 1.165) is 11.1 Å². The van der Waals surface area contributed by atoms with Crippen LogP contribution in [0.2, 0.25) is 0 Å². The van der Waals surface area contributed by atoms with Gasteiger partial charge in [0, 0.05) is 6.20 Å². The number of carbonyl (C=O) groups is 2. The number of nitrogens with one attached hydrogen (secondary N) is 1. The van der Waals surface area contributed by atoms with Crippen LogP contribution in [0.1, 0.15) is 21.6 Å². The van der Waals surface area contributed by atoms with E-state index in [1.807, 2.05) is 60.7 Å². The Morgan fingerprint density at radius 3 is 2.15 bits per heavy atom. The van der Waals surface area contributed by atoms with Crippen LogP contribution in [0.3, 0.4) is 0 Å². The van der Waals surface area contributed by atoms with Gasteiger partial charge >= 0.3 is 5.97 Å². The van der Waals surface area contributed by atoms with E-state index in [2.05, 4.69) is 4.98 Å². The number of aromatic nitrogens is 1. The van der Waals surface area contributed by atoms with Crippen molar-refractivity contribution in [2.45, 2.75) is 19.0 Å². The van der Waals surface area contributed by atoms with Crippen molar-refractivity contribution in [2.75, 3.05) is 4.90 Å². The Hall–Kier alpha value is -3.38. The molecular formula is C21H21N3O3. The Morgan fingerprint density at radius 2 is 1.59 bits per heavy atom. The van der Waals surface area contributed by atoms with Gasteiger partial charge in [-0.15, -0.1) is 0 Å². The maximum Gasteiger partial charge on any atom is 0.352 e. The maximum absolute atomic E-state index is 13.1. The van der Waals surface area contributed by atoms with Crippen molar-refractivity contribution in [1.82, 2.24) is 4.98 Å². The predicted molar refractivity (Wildman–Crippen MR) is 104 cm³/mol. The number of amides is 1. The van der Waals surface area contributed by atoms with Crippen molar-refractivity contribution in [2.24, 2.45) is 5.73 Å². The quantitative estimate of drug-likeness (QED) is 0.601. The molecule has 0 aliphatic heterocycles. The van der Waals surface area contributed by atoms with Gasteiger partial charge in [0.25, 0.3) is 0 Å². The van der Waals surface area contributed by atoms with Crippen molar-refractivity contribution in [3.63, 3.8) is 0 Å². The highest BCUT2D eigenvalue weighted by molar-refractivity contribution is 5.98. The number of H-pyrrole nitrogens is 1. The minimum atomic E-state index is -1.08. The summed E-state index contributed by atoms with van der Waals surface area (Å²) >= 11 is 0. The topological polar surface area (TPSA) is 99.4 Å². The number of carboxylic acids is 1. The third kappa shape index (κ3) is 4.62. The highest BCUT2D eigenvalue weighted by atomic mass is 16.4. The lowest BCUT2D eigenvalue weighted by atomic mass is 10.0. The lowest BCUT2D eigenvalue weighted by Crippen LogP contribution is -2.44. The number of hydrogen-bond acceptors (Lipinski definition) is 3. The summed E-state index contributed by atoms with van der Waals surface area (Å²) in [7, 11) is 0. The highest BCUT2D eigenvalue weighted by Crippen LogP contribution is 2.20. The summed E-state index contributed by atoms with van der Waals surface area (Å²) in [6.45, 7) is 0.305. The average molecular weight is 363 g/mol. The molecule has 138 valence electrons. The van der Waals surface area contributed by atoms with Crippen LogP contribution in [0, 0.1) is 0 Å². The minimum Gasteiger partial charge on any atom is -0.477 e. The van der Waals surface area contributed by atoms with Crippen molar-refractivity contribution >= 4 is 17.6 Å². The Labute approximate surface area is 157 Å². The van der Waals surface area contributed by atoms with Crippen LogP contribution >= 0.6 is 0 Å². The number of carbonyl (C=O) groups excluding carboxylic acids is 1. The van der Waals surface area contributed by atoms with E-state index in [4.69, 9.17) is 10.8 Å². The Kier molecular flexibility index (Phi) is 5.68.